The minimum absolute atomic E-state index is 0.214. The molecule has 0 bridgehead atoms. The second-order valence-corrected chi connectivity index (χ2v) is 9.04. The van der Waals surface area contributed by atoms with Gasteiger partial charge in [-0.2, -0.15) is 0 Å². The average Bonchev–Trinajstić information content (AvgIpc) is 2.68. The molecule has 1 amide bonds. The smallest absolute Gasteiger partial charge is 0.338 e. The zero-order chi connectivity index (χ0) is 22.1. The van der Waals surface area contributed by atoms with Gasteiger partial charge >= 0.3 is 5.97 Å². The molecule has 10 heteroatoms. The Kier molecular flexibility index (Phi) is 6.23. The van der Waals surface area contributed by atoms with Crippen molar-refractivity contribution < 1.29 is 27.5 Å². The molecule has 8 nitrogen and oxygen atoms in total. The molecule has 30 heavy (non-hydrogen) atoms. The van der Waals surface area contributed by atoms with Crippen LogP contribution < -0.4 is 14.4 Å². The summed E-state index contributed by atoms with van der Waals surface area (Å²) in [5, 5.41) is 3.06. The minimum atomic E-state index is -3.67. The van der Waals surface area contributed by atoms with E-state index in [0.29, 0.717) is 21.8 Å². The summed E-state index contributed by atoms with van der Waals surface area (Å²) >= 11 is 5.98. The Labute approximate surface area is 179 Å². The van der Waals surface area contributed by atoms with Gasteiger partial charge in [-0.05, 0) is 49.7 Å². The summed E-state index contributed by atoms with van der Waals surface area (Å²) in [7, 11) is -3.67. The number of fused-ring (bicyclic) bond motifs is 1. The molecule has 0 aliphatic carbocycles. The van der Waals surface area contributed by atoms with E-state index in [-0.39, 0.29) is 24.6 Å². The number of benzene rings is 2. The lowest BCUT2D eigenvalue weighted by Crippen LogP contribution is -2.48. The SMILES string of the molecule is CCOC(=O)c1cccc(NC(=O)[C@H]2CN(S(C)(=O)=O)c3cc(Cl)ccc3O2)c1C. The Bertz CT molecular complexity index is 1100. The van der Waals surface area contributed by atoms with Gasteiger partial charge in [-0.25, -0.2) is 13.2 Å². The van der Waals surface area contributed by atoms with E-state index in [1.807, 2.05) is 0 Å². The van der Waals surface area contributed by atoms with Crippen molar-refractivity contribution in [2.24, 2.45) is 0 Å². The molecule has 0 aromatic heterocycles. The Morgan fingerprint density at radius 1 is 1.30 bits per heavy atom. The van der Waals surface area contributed by atoms with Gasteiger partial charge in [0, 0.05) is 10.7 Å². The minimum Gasteiger partial charge on any atom is -0.476 e. The van der Waals surface area contributed by atoms with E-state index in [0.717, 1.165) is 10.6 Å². The maximum atomic E-state index is 12.9. The number of rotatable bonds is 5. The fraction of sp³-hybridized carbons (Fsp3) is 0.300. The maximum Gasteiger partial charge on any atom is 0.338 e. The quantitative estimate of drug-likeness (QED) is 0.700. The number of esters is 1. The lowest BCUT2D eigenvalue weighted by Gasteiger charge is -2.34. The van der Waals surface area contributed by atoms with Crippen LogP contribution in [0.15, 0.2) is 36.4 Å². The van der Waals surface area contributed by atoms with Crippen molar-refractivity contribution in [3.05, 3.63) is 52.5 Å². The van der Waals surface area contributed by atoms with Gasteiger partial charge in [0.1, 0.15) is 5.75 Å². The van der Waals surface area contributed by atoms with Crippen LogP contribution in [0.25, 0.3) is 0 Å². The summed E-state index contributed by atoms with van der Waals surface area (Å²) < 4.78 is 36.4. The topological polar surface area (TPSA) is 102 Å². The molecule has 0 saturated heterocycles. The third kappa shape index (κ3) is 4.52. The largest absolute Gasteiger partial charge is 0.476 e. The fourth-order valence-electron chi connectivity index (χ4n) is 3.09. The van der Waals surface area contributed by atoms with Crippen LogP contribution >= 0.6 is 11.6 Å². The first-order chi connectivity index (χ1) is 14.1. The van der Waals surface area contributed by atoms with Crippen LogP contribution in [-0.4, -0.2) is 45.8 Å². The maximum absolute atomic E-state index is 12.9. The number of sulfonamides is 1. The second kappa shape index (κ2) is 8.53. The Morgan fingerprint density at radius 2 is 2.03 bits per heavy atom. The number of hydrogen-bond donors (Lipinski definition) is 1. The fourth-order valence-corrected chi connectivity index (χ4v) is 4.16. The highest BCUT2D eigenvalue weighted by Gasteiger charge is 2.35. The molecule has 0 spiro atoms. The molecule has 0 fully saturated rings. The van der Waals surface area contributed by atoms with Crippen molar-refractivity contribution in [1.82, 2.24) is 0 Å². The number of carbonyl (C=O) groups excluding carboxylic acids is 2. The molecule has 0 unspecified atom stereocenters. The lowest BCUT2D eigenvalue weighted by molar-refractivity contribution is -0.122. The van der Waals surface area contributed by atoms with Gasteiger partial charge in [0.15, 0.2) is 6.10 Å². The molecule has 2 aromatic rings. The van der Waals surface area contributed by atoms with E-state index in [1.54, 1.807) is 38.1 Å². The number of anilines is 2. The predicted molar refractivity (Wildman–Crippen MR) is 114 cm³/mol. The van der Waals surface area contributed by atoms with Crippen molar-refractivity contribution in [1.29, 1.82) is 0 Å². The molecule has 0 radical (unpaired) electrons. The average molecular weight is 453 g/mol. The Morgan fingerprint density at radius 3 is 2.70 bits per heavy atom. The van der Waals surface area contributed by atoms with Crippen molar-refractivity contribution in [3.8, 4) is 5.75 Å². The van der Waals surface area contributed by atoms with Gasteiger partial charge in [0.05, 0.1) is 30.7 Å². The number of halogens is 1. The first kappa shape index (κ1) is 21.9. The van der Waals surface area contributed by atoms with E-state index < -0.39 is 28.0 Å². The van der Waals surface area contributed by atoms with Crippen molar-refractivity contribution >= 4 is 44.9 Å². The summed E-state index contributed by atoms with van der Waals surface area (Å²) in [6, 6.07) is 9.40. The van der Waals surface area contributed by atoms with Gasteiger partial charge in [-0.15, -0.1) is 0 Å². The number of amides is 1. The summed E-state index contributed by atoms with van der Waals surface area (Å²) in [6.07, 6.45) is -0.0515. The highest BCUT2D eigenvalue weighted by Crippen LogP contribution is 2.37. The number of nitrogens with zero attached hydrogens (tertiary/aromatic N) is 1. The van der Waals surface area contributed by atoms with Gasteiger partial charge in [-0.1, -0.05) is 17.7 Å². The van der Waals surface area contributed by atoms with Gasteiger partial charge in [0.25, 0.3) is 5.91 Å². The highest BCUT2D eigenvalue weighted by atomic mass is 35.5. The Balaban J connectivity index is 1.87. The van der Waals surface area contributed by atoms with Crippen LogP contribution in [0.4, 0.5) is 11.4 Å². The molecule has 160 valence electrons. The van der Waals surface area contributed by atoms with Crippen molar-refractivity contribution in [3.63, 3.8) is 0 Å². The van der Waals surface area contributed by atoms with Crippen LogP contribution in [0.1, 0.15) is 22.8 Å². The molecule has 3 rings (SSSR count). The normalized spacial score (nSPS) is 15.7. The van der Waals surface area contributed by atoms with Crippen LogP contribution in [0, 0.1) is 6.92 Å². The summed E-state index contributed by atoms with van der Waals surface area (Å²) in [6.45, 7) is 3.41. The third-order valence-electron chi connectivity index (χ3n) is 4.57. The summed E-state index contributed by atoms with van der Waals surface area (Å²) in [5.74, 6) is -0.810. The second-order valence-electron chi connectivity index (χ2n) is 6.70. The molecular formula is C20H21ClN2O6S. The molecule has 1 aliphatic rings. The first-order valence-electron chi connectivity index (χ1n) is 9.13. The summed E-state index contributed by atoms with van der Waals surface area (Å²) in [4.78, 5) is 25.0. The lowest BCUT2D eigenvalue weighted by atomic mass is 10.1. The molecule has 1 N–H and O–H groups in total. The number of ether oxygens (including phenoxy) is 2. The van der Waals surface area contributed by atoms with Crippen LogP contribution in [0.2, 0.25) is 5.02 Å². The molecular weight excluding hydrogens is 432 g/mol. The Hall–Kier alpha value is -2.78. The van der Waals surface area contributed by atoms with Crippen molar-refractivity contribution in [2.45, 2.75) is 20.0 Å². The third-order valence-corrected chi connectivity index (χ3v) is 5.95. The van der Waals surface area contributed by atoms with Crippen LogP contribution in [0.3, 0.4) is 0 Å². The predicted octanol–water partition coefficient (Wildman–Crippen LogP) is 2.99. The van der Waals surface area contributed by atoms with Crippen LogP contribution in [-0.2, 0) is 19.6 Å². The molecule has 1 atom stereocenters. The zero-order valence-corrected chi connectivity index (χ0v) is 18.2. The van der Waals surface area contributed by atoms with Crippen molar-refractivity contribution in [2.75, 3.05) is 29.0 Å². The number of hydrogen-bond acceptors (Lipinski definition) is 6. The highest BCUT2D eigenvalue weighted by molar-refractivity contribution is 7.92. The number of nitrogens with one attached hydrogen (secondary N) is 1. The van der Waals surface area contributed by atoms with Gasteiger partial charge < -0.3 is 14.8 Å². The summed E-state index contributed by atoms with van der Waals surface area (Å²) in [5.41, 5.74) is 1.54. The number of carbonyl (C=O) groups is 2. The van der Waals surface area contributed by atoms with Gasteiger partial charge in [-0.3, -0.25) is 9.10 Å². The van der Waals surface area contributed by atoms with E-state index in [9.17, 15) is 18.0 Å². The molecule has 1 aliphatic heterocycles. The first-order valence-corrected chi connectivity index (χ1v) is 11.4. The zero-order valence-electron chi connectivity index (χ0n) is 16.6. The molecule has 2 aromatic carbocycles. The van der Waals surface area contributed by atoms with E-state index in [4.69, 9.17) is 21.1 Å². The monoisotopic (exact) mass is 452 g/mol. The molecule has 1 heterocycles. The van der Waals surface area contributed by atoms with E-state index >= 15 is 0 Å². The standard InChI is InChI=1S/C20H21ClN2O6S/c1-4-28-20(25)14-6-5-7-15(12(14)2)22-19(24)18-11-23(30(3,26)27)16-10-13(21)8-9-17(16)29-18/h5-10,18H,4,11H2,1-3H3,(H,22,24)/t18-/m1/s1. The van der Waals surface area contributed by atoms with E-state index in [2.05, 4.69) is 5.32 Å². The van der Waals surface area contributed by atoms with Crippen LogP contribution in [0.5, 0.6) is 5.75 Å². The van der Waals surface area contributed by atoms with Gasteiger partial charge in [0.2, 0.25) is 10.0 Å². The van der Waals surface area contributed by atoms with E-state index in [1.165, 1.54) is 12.1 Å². The molecule has 0 saturated carbocycles.